The third-order valence-corrected chi connectivity index (χ3v) is 2.52. The van der Waals surface area contributed by atoms with Crippen molar-refractivity contribution in [1.29, 1.82) is 0 Å². The summed E-state index contributed by atoms with van der Waals surface area (Å²) in [5.41, 5.74) is 16.3. The summed E-state index contributed by atoms with van der Waals surface area (Å²) in [4.78, 5) is 7.49. The Morgan fingerprint density at radius 1 is 0.955 bits per heavy atom. The molecule has 8 heteroatoms. The van der Waals surface area contributed by atoms with Crippen LogP contribution in [0.25, 0.3) is 0 Å². The molecule has 0 saturated carbocycles. The van der Waals surface area contributed by atoms with Crippen LogP contribution in [0.2, 0.25) is 5.02 Å². The van der Waals surface area contributed by atoms with E-state index in [1.54, 1.807) is 24.3 Å². The highest BCUT2D eigenvalue weighted by Crippen LogP contribution is 2.15. The fraction of sp³-hybridized carbons (Fsp3) is 0.429. The van der Waals surface area contributed by atoms with Crippen molar-refractivity contribution in [1.82, 2.24) is 0 Å². The molecule has 0 heterocycles. The summed E-state index contributed by atoms with van der Waals surface area (Å²) in [5, 5.41) is 0.629. The molecule has 128 valence electrons. The molecule has 0 fully saturated rings. The lowest BCUT2D eigenvalue weighted by atomic mass is 10.2. The molecule has 6 N–H and O–H groups in total. The summed E-state index contributed by atoms with van der Waals surface area (Å²) in [6.07, 6.45) is 5.54. The van der Waals surface area contributed by atoms with Gasteiger partial charge in [-0.25, -0.2) is 4.99 Å². The van der Waals surface area contributed by atoms with Gasteiger partial charge in [-0.1, -0.05) is 51.1 Å². The molecule has 0 aliphatic heterocycles. The smallest absolute Gasteiger partial charge is 0.223 e. The summed E-state index contributed by atoms with van der Waals surface area (Å²) in [6, 6.07) is 6.81. The molecule has 0 amide bonds. The Morgan fingerprint density at radius 2 is 1.41 bits per heavy atom. The van der Waals surface area contributed by atoms with Crippen molar-refractivity contribution >= 4 is 54.0 Å². The monoisotopic (exact) mass is 369 g/mol. The molecule has 0 spiro atoms. The van der Waals surface area contributed by atoms with Gasteiger partial charge in [-0.3, -0.25) is 0 Å². The van der Waals surface area contributed by atoms with Crippen LogP contribution in [-0.4, -0.2) is 11.9 Å². The van der Waals surface area contributed by atoms with E-state index in [0.29, 0.717) is 10.7 Å². The first kappa shape index (κ1) is 25.8. The van der Waals surface area contributed by atoms with Gasteiger partial charge in [0.2, 0.25) is 5.96 Å². The topological polar surface area (TPSA) is 103 Å². The van der Waals surface area contributed by atoms with E-state index >= 15 is 0 Å². The minimum Gasteiger partial charge on any atom is -0.370 e. The first-order chi connectivity index (χ1) is 9.49. The van der Waals surface area contributed by atoms with Gasteiger partial charge < -0.3 is 17.2 Å². The van der Waals surface area contributed by atoms with Gasteiger partial charge in [0, 0.05) is 5.02 Å². The molecule has 1 aromatic rings. The Bertz CT molecular complexity index is 425. The van der Waals surface area contributed by atoms with Crippen LogP contribution >= 0.6 is 36.4 Å². The third-order valence-electron chi connectivity index (χ3n) is 2.27. The number of guanidine groups is 2. The van der Waals surface area contributed by atoms with Crippen LogP contribution in [0.3, 0.4) is 0 Å². The summed E-state index contributed by atoms with van der Waals surface area (Å²) in [7, 11) is 0. The molecule has 0 bridgehead atoms. The molecule has 1 rings (SSSR count). The van der Waals surface area contributed by atoms with Gasteiger partial charge in [-0.15, -0.1) is 24.8 Å². The van der Waals surface area contributed by atoms with Crippen LogP contribution in [0.5, 0.6) is 0 Å². The number of halogens is 3. The molecule has 0 aromatic heterocycles. The van der Waals surface area contributed by atoms with Crippen molar-refractivity contribution in [3.63, 3.8) is 0 Å². The van der Waals surface area contributed by atoms with E-state index in [1.165, 1.54) is 25.7 Å². The average Bonchev–Trinajstić information content (AvgIpc) is 2.39. The normalized spacial score (nSPS) is 9.50. The lowest BCUT2D eigenvalue weighted by Gasteiger charge is -1.95. The summed E-state index contributed by atoms with van der Waals surface area (Å²) < 4.78 is 0. The van der Waals surface area contributed by atoms with Crippen molar-refractivity contribution in [3.05, 3.63) is 29.3 Å². The zero-order chi connectivity index (χ0) is 15.4. The van der Waals surface area contributed by atoms with E-state index in [9.17, 15) is 0 Å². The Labute approximate surface area is 150 Å². The van der Waals surface area contributed by atoms with Crippen LogP contribution in [0, 0.1) is 0 Å². The van der Waals surface area contributed by atoms with E-state index < -0.39 is 0 Å². The van der Waals surface area contributed by atoms with Crippen LogP contribution in [0.4, 0.5) is 5.69 Å². The van der Waals surface area contributed by atoms with Crippen molar-refractivity contribution < 1.29 is 0 Å². The van der Waals surface area contributed by atoms with E-state index in [1.807, 2.05) is 0 Å². The lowest BCUT2D eigenvalue weighted by Crippen LogP contribution is -2.26. The first-order valence-electron chi connectivity index (χ1n) is 6.69. The zero-order valence-electron chi connectivity index (χ0n) is 13.0. The van der Waals surface area contributed by atoms with Crippen molar-refractivity contribution in [2.45, 2.75) is 39.5 Å². The van der Waals surface area contributed by atoms with Gasteiger partial charge >= 0.3 is 0 Å². The summed E-state index contributed by atoms with van der Waals surface area (Å²) in [6.45, 7) is 4.46. The lowest BCUT2D eigenvalue weighted by molar-refractivity contribution is 0.702. The van der Waals surface area contributed by atoms with Crippen molar-refractivity contribution in [2.24, 2.45) is 27.2 Å². The number of rotatable bonds is 4. The number of nitrogens with two attached hydrogens (primary N) is 3. The second-order valence-electron chi connectivity index (χ2n) is 4.19. The van der Waals surface area contributed by atoms with Gasteiger partial charge in [0.05, 0.1) is 5.69 Å². The summed E-state index contributed by atoms with van der Waals surface area (Å²) >= 11 is 5.69. The van der Waals surface area contributed by atoms with Gasteiger partial charge in [0.25, 0.3) is 0 Å². The van der Waals surface area contributed by atoms with Crippen LogP contribution in [0.1, 0.15) is 39.5 Å². The third kappa shape index (κ3) is 15.2. The second kappa shape index (κ2) is 16.2. The predicted octanol–water partition coefficient (Wildman–Crippen LogP) is 3.99. The SMILES string of the molecule is CCCCCC.Cl.Cl.NC(N)=NC(N)=Nc1ccc(Cl)cc1. The van der Waals surface area contributed by atoms with Crippen LogP contribution in [-0.2, 0) is 0 Å². The Hall–Kier alpha value is -1.17. The number of hydrogen-bond donors (Lipinski definition) is 3. The highest BCUT2D eigenvalue weighted by atomic mass is 35.5. The zero-order valence-corrected chi connectivity index (χ0v) is 15.3. The fourth-order valence-electron chi connectivity index (χ4n) is 1.31. The molecule has 22 heavy (non-hydrogen) atoms. The minimum atomic E-state index is -0.125. The van der Waals surface area contributed by atoms with Crippen molar-refractivity contribution in [3.8, 4) is 0 Å². The Balaban J connectivity index is -0.000000392. The van der Waals surface area contributed by atoms with E-state index in [2.05, 4.69) is 23.8 Å². The van der Waals surface area contributed by atoms with Crippen LogP contribution in [0.15, 0.2) is 34.3 Å². The van der Waals surface area contributed by atoms with E-state index in [0.717, 1.165) is 0 Å². The maximum atomic E-state index is 5.69. The molecule has 0 radical (unpaired) electrons. The standard InChI is InChI=1S/C8H10ClN5.C6H14.2ClH/c9-5-1-3-6(4-2-5)13-8(12)14-7(10)11;1-3-5-6-4-2;;/h1-4H,(H6,10,11,12,13,14);3-6H2,1-2H3;2*1H. The second-order valence-corrected chi connectivity index (χ2v) is 4.63. The summed E-state index contributed by atoms with van der Waals surface area (Å²) in [5.74, 6) is -0.118. The van der Waals surface area contributed by atoms with E-state index in [4.69, 9.17) is 28.8 Å². The molecular formula is C14H26Cl3N5. The number of aliphatic imine (C=N–C) groups is 2. The Morgan fingerprint density at radius 3 is 1.77 bits per heavy atom. The van der Waals surface area contributed by atoms with Crippen molar-refractivity contribution in [2.75, 3.05) is 0 Å². The van der Waals surface area contributed by atoms with E-state index in [-0.39, 0.29) is 36.7 Å². The maximum Gasteiger partial charge on any atom is 0.223 e. The number of nitrogens with zero attached hydrogens (tertiary/aromatic N) is 2. The molecule has 1 aromatic carbocycles. The highest BCUT2D eigenvalue weighted by molar-refractivity contribution is 6.30. The molecule has 0 aliphatic rings. The number of benzene rings is 1. The molecular weight excluding hydrogens is 345 g/mol. The highest BCUT2D eigenvalue weighted by Gasteiger charge is 1.92. The molecule has 0 aliphatic carbocycles. The largest absolute Gasteiger partial charge is 0.370 e. The van der Waals surface area contributed by atoms with Crippen LogP contribution < -0.4 is 17.2 Å². The molecule has 5 nitrogen and oxygen atoms in total. The number of hydrogen-bond acceptors (Lipinski definition) is 1. The average molecular weight is 371 g/mol. The first-order valence-corrected chi connectivity index (χ1v) is 7.06. The van der Waals surface area contributed by atoms with Gasteiger partial charge in [0.15, 0.2) is 5.96 Å². The van der Waals surface area contributed by atoms with Gasteiger partial charge in [0.1, 0.15) is 0 Å². The fourth-order valence-corrected chi connectivity index (χ4v) is 1.43. The quantitative estimate of drug-likeness (QED) is 0.424. The molecule has 0 unspecified atom stereocenters. The van der Waals surface area contributed by atoms with Gasteiger partial charge in [-0.2, -0.15) is 4.99 Å². The molecule has 0 atom stereocenters. The Kier molecular flexibility index (Phi) is 19.0. The maximum absolute atomic E-state index is 5.69. The molecule has 0 saturated heterocycles. The van der Waals surface area contributed by atoms with Gasteiger partial charge in [-0.05, 0) is 24.3 Å². The minimum absolute atomic E-state index is 0. The number of unbranched alkanes of at least 4 members (excludes halogenated alkanes) is 3. The predicted molar refractivity (Wildman–Crippen MR) is 103 cm³/mol.